The van der Waals surface area contributed by atoms with E-state index < -0.39 is 29.3 Å². The molecule has 0 bridgehead atoms. The zero-order chi connectivity index (χ0) is 27.1. The number of halogens is 4. The maximum absolute atomic E-state index is 15.3. The number of pyridine rings is 2. The molecule has 1 aliphatic carbocycles. The number of alkyl halides is 2. The van der Waals surface area contributed by atoms with Crippen LogP contribution in [0.3, 0.4) is 0 Å². The molecule has 0 spiro atoms. The first-order chi connectivity index (χ1) is 18.3. The molecule has 4 nitrogen and oxygen atoms in total. The fraction of sp³-hybridized carbons (Fsp3) is 0.667. The van der Waals surface area contributed by atoms with E-state index in [1.54, 1.807) is 0 Å². The van der Waals surface area contributed by atoms with E-state index >= 15 is 13.2 Å². The standard InChI is InChI=1S/C30H40F4N2O2/c1-3-5-7-8-9-10-11-12-21-15-14-20-18-23(36-29(32)27(20)30(21,33)34)22-16-17-25(28(31)35-22)37-19-26-24(38-26)13-6-4-2/h16-18,21,24,26H,3-15,19H2,1-2H3. The SMILES string of the molecule is CCCCCCCCCC1CCc2cc(-c3ccc(OCC4OC4CCCC)c(F)n3)nc(F)c2C1(F)F. The van der Waals surface area contributed by atoms with Crippen molar-refractivity contribution in [2.45, 2.75) is 115 Å². The predicted molar refractivity (Wildman–Crippen MR) is 139 cm³/mol. The number of fused-ring (bicyclic) bond motifs is 1. The quantitative estimate of drug-likeness (QED) is 0.0990. The van der Waals surface area contributed by atoms with E-state index in [0.717, 1.165) is 44.9 Å². The van der Waals surface area contributed by atoms with Crippen LogP contribution in [0, 0.1) is 17.8 Å². The molecule has 2 aromatic heterocycles. The highest BCUT2D eigenvalue weighted by Crippen LogP contribution is 2.47. The molecule has 1 aliphatic heterocycles. The average molecular weight is 537 g/mol. The minimum absolute atomic E-state index is 0.0309. The van der Waals surface area contributed by atoms with Gasteiger partial charge in [0.15, 0.2) is 5.75 Å². The van der Waals surface area contributed by atoms with Crippen molar-refractivity contribution in [1.29, 1.82) is 0 Å². The van der Waals surface area contributed by atoms with Gasteiger partial charge >= 0.3 is 0 Å². The Hall–Kier alpha value is -2.22. The van der Waals surface area contributed by atoms with E-state index in [1.165, 1.54) is 37.5 Å². The fourth-order valence-corrected chi connectivity index (χ4v) is 5.46. The van der Waals surface area contributed by atoms with Crippen molar-refractivity contribution in [2.24, 2.45) is 5.92 Å². The van der Waals surface area contributed by atoms with Crippen molar-refractivity contribution in [1.82, 2.24) is 9.97 Å². The van der Waals surface area contributed by atoms with Crippen molar-refractivity contribution >= 4 is 0 Å². The van der Waals surface area contributed by atoms with Crippen LogP contribution < -0.4 is 4.74 Å². The molecule has 3 unspecified atom stereocenters. The molecular formula is C30H40F4N2O2. The van der Waals surface area contributed by atoms with Gasteiger partial charge in [0.05, 0.1) is 23.1 Å². The topological polar surface area (TPSA) is 47.5 Å². The van der Waals surface area contributed by atoms with Crippen molar-refractivity contribution < 1.29 is 27.0 Å². The van der Waals surface area contributed by atoms with Gasteiger partial charge in [0.1, 0.15) is 12.7 Å². The normalized spacial score (nSPS) is 21.8. The van der Waals surface area contributed by atoms with Gasteiger partial charge in [-0.15, -0.1) is 0 Å². The summed E-state index contributed by atoms with van der Waals surface area (Å²) in [5.41, 5.74) is -0.269. The Morgan fingerprint density at radius 2 is 1.58 bits per heavy atom. The number of aryl methyl sites for hydroxylation is 1. The smallest absolute Gasteiger partial charge is 0.280 e. The molecule has 210 valence electrons. The number of unbranched alkanes of at least 4 members (excludes halogenated alkanes) is 7. The van der Waals surface area contributed by atoms with Crippen LogP contribution >= 0.6 is 0 Å². The largest absolute Gasteiger partial charge is 0.486 e. The highest BCUT2D eigenvalue weighted by Gasteiger charge is 2.48. The number of ether oxygens (including phenoxy) is 2. The molecule has 1 fully saturated rings. The van der Waals surface area contributed by atoms with Gasteiger partial charge in [-0.2, -0.15) is 8.78 Å². The van der Waals surface area contributed by atoms with E-state index in [9.17, 15) is 4.39 Å². The predicted octanol–water partition coefficient (Wildman–Crippen LogP) is 8.55. The van der Waals surface area contributed by atoms with Crippen LogP contribution in [0.15, 0.2) is 18.2 Å². The number of nitrogens with zero attached hydrogens (tertiary/aromatic N) is 2. The lowest BCUT2D eigenvalue weighted by atomic mass is 9.78. The highest BCUT2D eigenvalue weighted by molar-refractivity contribution is 5.57. The first-order valence-corrected chi connectivity index (χ1v) is 14.4. The molecule has 38 heavy (non-hydrogen) atoms. The van der Waals surface area contributed by atoms with Crippen molar-refractivity contribution in [3.63, 3.8) is 0 Å². The number of hydrogen-bond acceptors (Lipinski definition) is 4. The summed E-state index contributed by atoms with van der Waals surface area (Å²) in [5, 5.41) is 0. The van der Waals surface area contributed by atoms with Crippen LogP contribution in [0.1, 0.15) is 102 Å². The van der Waals surface area contributed by atoms with Crippen molar-refractivity contribution in [2.75, 3.05) is 6.61 Å². The third-order valence-corrected chi connectivity index (χ3v) is 7.83. The first-order valence-electron chi connectivity index (χ1n) is 14.4. The zero-order valence-electron chi connectivity index (χ0n) is 22.6. The highest BCUT2D eigenvalue weighted by atomic mass is 19.3. The van der Waals surface area contributed by atoms with E-state index in [2.05, 4.69) is 23.8 Å². The fourth-order valence-electron chi connectivity index (χ4n) is 5.46. The monoisotopic (exact) mass is 536 g/mol. The van der Waals surface area contributed by atoms with E-state index in [1.807, 2.05) is 0 Å². The summed E-state index contributed by atoms with van der Waals surface area (Å²) in [6, 6.07) is 4.31. The molecule has 8 heteroatoms. The second-order valence-electron chi connectivity index (χ2n) is 10.8. The molecule has 0 N–H and O–H groups in total. The van der Waals surface area contributed by atoms with Crippen LogP contribution in [-0.2, 0) is 17.1 Å². The second kappa shape index (κ2) is 13.2. The molecule has 2 aliphatic rings. The zero-order valence-corrected chi connectivity index (χ0v) is 22.6. The van der Waals surface area contributed by atoms with Crippen molar-refractivity contribution in [3.05, 3.63) is 41.2 Å². The molecular weight excluding hydrogens is 496 g/mol. The molecule has 3 heterocycles. The van der Waals surface area contributed by atoms with Crippen LogP contribution in [0.2, 0.25) is 0 Å². The average Bonchev–Trinajstić information content (AvgIpc) is 3.65. The van der Waals surface area contributed by atoms with Crippen molar-refractivity contribution in [3.8, 4) is 17.1 Å². The third-order valence-electron chi connectivity index (χ3n) is 7.83. The first kappa shape index (κ1) is 28.8. The number of aromatic nitrogens is 2. The van der Waals surface area contributed by atoms with E-state index in [4.69, 9.17) is 9.47 Å². The van der Waals surface area contributed by atoms with Gasteiger partial charge in [0, 0.05) is 5.92 Å². The maximum atomic E-state index is 15.3. The van der Waals surface area contributed by atoms with Gasteiger partial charge < -0.3 is 9.47 Å². The lowest BCUT2D eigenvalue weighted by Crippen LogP contribution is -2.33. The number of epoxide rings is 1. The van der Waals surface area contributed by atoms with Gasteiger partial charge in [-0.05, 0) is 49.4 Å². The Kier molecular flexibility index (Phi) is 10.0. The second-order valence-corrected chi connectivity index (χ2v) is 10.8. The summed E-state index contributed by atoms with van der Waals surface area (Å²) >= 11 is 0. The third kappa shape index (κ3) is 7.04. The Labute approximate surface area is 223 Å². The van der Waals surface area contributed by atoms with Crippen LogP contribution in [0.5, 0.6) is 5.75 Å². The molecule has 3 atom stereocenters. The summed E-state index contributed by atoms with van der Waals surface area (Å²) < 4.78 is 71.3. The summed E-state index contributed by atoms with van der Waals surface area (Å²) in [4.78, 5) is 7.66. The van der Waals surface area contributed by atoms with Gasteiger partial charge in [-0.1, -0.05) is 71.6 Å². The lowest BCUT2D eigenvalue weighted by molar-refractivity contribution is -0.0824. The summed E-state index contributed by atoms with van der Waals surface area (Å²) in [5.74, 6) is -6.25. The van der Waals surface area contributed by atoms with Crippen LogP contribution in [0.4, 0.5) is 17.6 Å². The molecule has 1 saturated heterocycles. The summed E-state index contributed by atoms with van der Waals surface area (Å²) in [6.45, 7) is 4.50. The lowest BCUT2D eigenvalue weighted by Gasteiger charge is -2.33. The number of rotatable bonds is 15. The summed E-state index contributed by atoms with van der Waals surface area (Å²) in [7, 11) is 0. The Bertz CT molecular complexity index is 1060. The Morgan fingerprint density at radius 1 is 0.868 bits per heavy atom. The maximum Gasteiger partial charge on any atom is 0.280 e. The van der Waals surface area contributed by atoms with Gasteiger partial charge in [0.2, 0.25) is 5.95 Å². The van der Waals surface area contributed by atoms with Gasteiger partial charge in [0.25, 0.3) is 11.9 Å². The Balaban J connectivity index is 1.37. The van der Waals surface area contributed by atoms with Gasteiger partial charge in [-0.3, -0.25) is 0 Å². The number of hydrogen-bond donors (Lipinski definition) is 0. The minimum Gasteiger partial charge on any atom is -0.486 e. The Morgan fingerprint density at radius 3 is 2.32 bits per heavy atom. The molecule has 2 aromatic rings. The molecule has 0 amide bonds. The minimum atomic E-state index is -3.28. The van der Waals surface area contributed by atoms with Crippen LogP contribution in [-0.4, -0.2) is 28.8 Å². The van der Waals surface area contributed by atoms with Gasteiger partial charge in [-0.25, -0.2) is 18.7 Å². The van der Waals surface area contributed by atoms with E-state index in [-0.39, 0.29) is 47.9 Å². The molecule has 0 saturated carbocycles. The molecule has 0 aromatic carbocycles. The van der Waals surface area contributed by atoms with E-state index in [0.29, 0.717) is 12.8 Å². The molecule has 4 rings (SSSR count). The molecule has 0 radical (unpaired) electrons. The summed E-state index contributed by atoms with van der Waals surface area (Å²) in [6.07, 6.45) is 11.6. The van der Waals surface area contributed by atoms with Crippen LogP contribution in [0.25, 0.3) is 11.4 Å².